The van der Waals surface area contributed by atoms with Gasteiger partial charge in [-0.2, -0.15) is 13.2 Å². The van der Waals surface area contributed by atoms with Gasteiger partial charge >= 0.3 is 6.18 Å². The first-order valence-corrected chi connectivity index (χ1v) is 11.1. The summed E-state index contributed by atoms with van der Waals surface area (Å²) in [5.74, 6) is -0.718. The molecule has 1 aromatic heterocycles. The Kier molecular flexibility index (Phi) is 7.39. The van der Waals surface area contributed by atoms with Crippen molar-refractivity contribution in [1.82, 2.24) is 9.97 Å². The highest BCUT2D eigenvalue weighted by Crippen LogP contribution is 2.38. The lowest BCUT2D eigenvalue weighted by Crippen LogP contribution is -2.18. The van der Waals surface area contributed by atoms with Crippen molar-refractivity contribution < 1.29 is 32.2 Å². The summed E-state index contributed by atoms with van der Waals surface area (Å²) >= 11 is 0. The number of nitrogens with one attached hydrogen (secondary N) is 3. The highest BCUT2D eigenvalue weighted by Gasteiger charge is 2.34. The predicted molar refractivity (Wildman–Crippen MR) is 132 cm³/mol. The van der Waals surface area contributed by atoms with Gasteiger partial charge in [-0.25, -0.2) is 9.97 Å². The molecule has 2 aromatic carbocycles. The molecule has 2 amide bonds. The van der Waals surface area contributed by atoms with E-state index >= 15 is 0 Å². The lowest BCUT2D eigenvalue weighted by atomic mass is 10.1. The quantitative estimate of drug-likeness (QED) is 0.371. The third kappa shape index (κ3) is 6.04. The maximum Gasteiger partial charge on any atom is 0.418 e. The number of ether oxygens (including phenoxy) is 2. The van der Waals surface area contributed by atoms with Crippen LogP contribution in [0, 0.1) is 0 Å². The molecule has 0 radical (unpaired) electrons. The van der Waals surface area contributed by atoms with Crippen molar-refractivity contribution in [2.24, 2.45) is 0 Å². The minimum atomic E-state index is -4.74. The van der Waals surface area contributed by atoms with E-state index in [9.17, 15) is 22.8 Å². The second-order valence-electron chi connectivity index (χ2n) is 7.96. The predicted octanol–water partition coefficient (Wildman–Crippen LogP) is 4.81. The molecule has 1 aliphatic rings. The van der Waals surface area contributed by atoms with Gasteiger partial charge in [-0.1, -0.05) is 13.2 Å². The van der Waals surface area contributed by atoms with Crippen LogP contribution in [0.1, 0.15) is 12.0 Å². The fourth-order valence-corrected chi connectivity index (χ4v) is 3.63. The number of aromatic nitrogens is 2. The van der Waals surface area contributed by atoms with Crippen LogP contribution in [0.4, 0.5) is 36.1 Å². The fourth-order valence-electron chi connectivity index (χ4n) is 3.63. The van der Waals surface area contributed by atoms with Crippen LogP contribution in [-0.2, 0) is 20.5 Å². The fraction of sp³-hybridized carbons (Fsp3) is 0.200. The molecule has 2 heterocycles. The third-order valence-electron chi connectivity index (χ3n) is 5.39. The zero-order valence-corrected chi connectivity index (χ0v) is 19.4. The maximum absolute atomic E-state index is 13.7. The largest absolute Gasteiger partial charge is 0.486 e. The van der Waals surface area contributed by atoms with Gasteiger partial charge in [-0.15, -0.1) is 0 Å². The van der Waals surface area contributed by atoms with Crippen molar-refractivity contribution in [1.29, 1.82) is 0 Å². The summed E-state index contributed by atoms with van der Waals surface area (Å²) in [5.41, 5.74) is -0.680. The van der Waals surface area contributed by atoms with Gasteiger partial charge in [0.1, 0.15) is 24.0 Å². The summed E-state index contributed by atoms with van der Waals surface area (Å²) in [6, 6.07) is 6.51. The molecule has 12 heteroatoms. The Morgan fingerprint density at radius 3 is 2.43 bits per heavy atom. The number of halogens is 3. The molecule has 0 saturated carbocycles. The number of fused-ring (bicyclic) bond motifs is 1. The molecule has 0 unspecified atom stereocenters. The molecule has 9 nitrogen and oxygen atoms in total. The van der Waals surface area contributed by atoms with Crippen molar-refractivity contribution in [3.05, 3.63) is 67.5 Å². The van der Waals surface area contributed by atoms with E-state index in [1.165, 1.54) is 12.4 Å². The minimum Gasteiger partial charge on any atom is -0.486 e. The number of amides is 2. The van der Waals surface area contributed by atoms with Crippen LogP contribution < -0.4 is 20.7 Å². The lowest BCUT2D eigenvalue weighted by molar-refractivity contribution is -0.136. The molecule has 3 aromatic rings. The van der Waals surface area contributed by atoms with Crippen LogP contribution >= 0.6 is 0 Å². The Morgan fingerprint density at radius 2 is 1.78 bits per heavy atom. The number of carbonyl (C=O) groups is 2. The summed E-state index contributed by atoms with van der Waals surface area (Å²) in [6.45, 7) is 7.65. The monoisotopic (exact) mass is 513 g/mol. The van der Waals surface area contributed by atoms with Crippen molar-refractivity contribution in [2.75, 3.05) is 29.2 Å². The van der Waals surface area contributed by atoms with Gasteiger partial charge < -0.3 is 25.4 Å². The number of rotatable bonds is 8. The average molecular weight is 513 g/mol. The van der Waals surface area contributed by atoms with E-state index in [1.807, 2.05) is 0 Å². The summed E-state index contributed by atoms with van der Waals surface area (Å²) < 4.78 is 52.4. The number of hydrogen-bond acceptors (Lipinski definition) is 7. The molecule has 1 atom stereocenters. The summed E-state index contributed by atoms with van der Waals surface area (Å²) in [4.78, 5) is 32.0. The molecular formula is C25H22F3N5O4. The van der Waals surface area contributed by atoms with Crippen LogP contribution in [0.3, 0.4) is 0 Å². The normalized spacial score (nSPS) is 15.2. The third-order valence-corrected chi connectivity index (χ3v) is 5.39. The van der Waals surface area contributed by atoms with E-state index in [1.54, 1.807) is 12.1 Å². The second kappa shape index (κ2) is 10.7. The van der Waals surface area contributed by atoms with Crippen LogP contribution in [0.2, 0.25) is 0 Å². The van der Waals surface area contributed by atoms with E-state index in [0.717, 1.165) is 24.3 Å². The SMILES string of the molecule is C=CC(=O)Nc1cc2c(Nc3ccc(NC(=O)C=C)c(C(F)(F)F)c3)ncnc2cc1O[C@H]1CCOC1. The molecule has 0 bridgehead atoms. The highest BCUT2D eigenvalue weighted by molar-refractivity contribution is 6.03. The highest BCUT2D eigenvalue weighted by atomic mass is 19.4. The molecule has 4 rings (SSSR count). The van der Waals surface area contributed by atoms with Gasteiger partial charge in [0.05, 0.1) is 35.7 Å². The number of anilines is 4. The second-order valence-corrected chi connectivity index (χ2v) is 7.96. The first kappa shape index (κ1) is 25.6. The van der Waals surface area contributed by atoms with E-state index in [-0.39, 0.29) is 17.6 Å². The molecule has 1 saturated heterocycles. The molecule has 37 heavy (non-hydrogen) atoms. The van der Waals surface area contributed by atoms with Gasteiger partial charge in [0.2, 0.25) is 11.8 Å². The number of hydrogen-bond donors (Lipinski definition) is 3. The zero-order valence-electron chi connectivity index (χ0n) is 19.4. The Hall–Kier alpha value is -4.45. The van der Waals surface area contributed by atoms with Crippen molar-refractivity contribution in [3.8, 4) is 5.75 Å². The number of carbonyl (C=O) groups excluding carboxylic acids is 2. The van der Waals surface area contributed by atoms with Gasteiger partial charge in [0.15, 0.2) is 0 Å². The van der Waals surface area contributed by atoms with Crippen LogP contribution in [0.15, 0.2) is 62.0 Å². The van der Waals surface area contributed by atoms with Crippen LogP contribution in [0.25, 0.3) is 10.9 Å². The zero-order chi connectivity index (χ0) is 26.6. The van der Waals surface area contributed by atoms with E-state index in [0.29, 0.717) is 42.0 Å². The Labute approximate surface area is 209 Å². The Balaban J connectivity index is 1.73. The van der Waals surface area contributed by atoms with Crippen molar-refractivity contribution >= 4 is 45.6 Å². The standard InChI is InChI=1S/C25H22F3N5O4/c1-3-22(34)32-18-6-5-14(9-17(18)25(26,27)28)31-24-16-10-20(33-23(35)4-2)21(11-19(16)29-13-30-24)37-15-7-8-36-12-15/h3-6,9-11,13,15H,1-2,7-8,12H2,(H,32,34)(H,33,35)(H,29,30,31)/t15-/m0/s1. The summed E-state index contributed by atoms with van der Waals surface area (Å²) in [7, 11) is 0. The molecule has 1 aliphatic heterocycles. The maximum atomic E-state index is 13.7. The first-order valence-electron chi connectivity index (χ1n) is 11.1. The first-order chi connectivity index (χ1) is 17.7. The number of benzene rings is 2. The van der Waals surface area contributed by atoms with E-state index in [4.69, 9.17) is 9.47 Å². The Bertz CT molecular complexity index is 1370. The molecule has 192 valence electrons. The molecular weight excluding hydrogens is 491 g/mol. The topological polar surface area (TPSA) is 114 Å². The van der Waals surface area contributed by atoms with Crippen molar-refractivity contribution in [2.45, 2.75) is 18.7 Å². The average Bonchev–Trinajstić information content (AvgIpc) is 3.38. The lowest BCUT2D eigenvalue weighted by Gasteiger charge is -2.18. The molecule has 3 N–H and O–H groups in total. The smallest absolute Gasteiger partial charge is 0.418 e. The van der Waals surface area contributed by atoms with Crippen molar-refractivity contribution in [3.63, 3.8) is 0 Å². The van der Waals surface area contributed by atoms with Gasteiger partial charge in [0, 0.05) is 23.6 Å². The summed E-state index contributed by atoms with van der Waals surface area (Å²) in [5, 5.41) is 8.10. The van der Waals surface area contributed by atoms with Crippen LogP contribution in [-0.4, -0.2) is 41.1 Å². The molecule has 0 spiro atoms. The van der Waals surface area contributed by atoms with Crippen LogP contribution in [0.5, 0.6) is 5.75 Å². The molecule has 1 fully saturated rings. The minimum absolute atomic E-state index is 0.0593. The Morgan fingerprint density at radius 1 is 1.05 bits per heavy atom. The number of nitrogens with zero attached hydrogens (tertiary/aromatic N) is 2. The van der Waals surface area contributed by atoms with E-state index < -0.39 is 29.2 Å². The van der Waals surface area contributed by atoms with E-state index in [2.05, 4.69) is 39.1 Å². The van der Waals surface area contributed by atoms with Gasteiger partial charge in [-0.05, 0) is 36.4 Å². The van der Waals surface area contributed by atoms with Gasteiger partial charge in [0.25, 0.3) is 0 Å². The van der Waals surface area contributed by atoms with Gasteiger partial charge in [-0.3, -0.25) is 9.59 Å². The molecule has 0 aliphatic carbocycles. The summed E-state index contributed by atoms with van der Waals surface area (Å²) in [6.07, 6.45) is -1.06. The number of alkyl halides is 3.